The Bertz CT molecular complexity index is 790. The van der Waals surface area contributed by atoms with E-state index in [1.807, 2.05) is 14.0 Å². The van der Waals surface area contributed by atoms with Gasteiger partial charge in [0.2, 0.25) is 0 Å². The number of alkyl halides is 3. The van der Waals surface area contributed by atoms with Gasteiger partial charge in [0, 0.05) is 24.2 Å². The van der Waals surface area contributed by atoms with Gasteiger partial charge in [-0.05, 0) is 55.4 Å². The van der Waals surface area contributed by atoms with Gasteiger partial charge in [0.1, 0.15) is 5.69 Å². The number of thioether (sulfide) groups is 1. The van der Waals surface area contributed by atoms with Crippen molar-refractivity contribution in [3.63, 3.8) is 0 Å². The molecular weight excluding hydrogens is 366 g/mol. The Hall–Kier alpha value is -2.22. The molecule has 8 heteroatoms. The van der Waals surface area contributed by atoms with Gasteiger partial charge in [-0.3, -0.25) is 0 Å². The summed E-state index contributed by atoms with van der Waals surface area (Å²) in [5.41, 5.74) is -2.90. The third-order valence-corrected chi connectivity index (χ3v) is 4.38. The Morgan fingerprint density at radius 1 is 1.19 bits per heavy atom. The zero-order valence-electron chi connectivity index (χ0n) is 14.6. The molecule has 0 amide bonds. The van der Waals surface area contributed by atoms with Crippen LogP contribution >= 0.6 is 11.8 Å². The number of para-hydroxylation sites is 1. The molecule has 0 saturated carbocycles. The van der Waals surface area contributed by atoms with Crippen molar-refractivity contribution in [3.05, 3.63) is 47.8 Å². The number of nitrogens with one attached hydrogen (secondary N) is 1. The molecule has 2 rings (SSSR count). The van der Waals surface area contributed by atoms with Gasteiger partial charge < -0.3 is 10.2 Å². The molecule has 0 spiro atoms. The quantitative estimate of drug-likeness (QED) is 0.282. The van der Waals surface area contributed by atoms with Crippen molar-refractivity contribution in [2.45, 2.75) is 24.3 Å². The van der Waals surface area contributed by atoms with Crippen molar-refractivity contribution in [2.24, 2.45) is 4.99 Å². The Labute approximate surface area is 154 Å². The molecule has 0 aliphatic heterocycles. The van der Waals surface area contributed by atoms with Crippen LogP contribution in [0.15, 0.2) is 46.3 Å². The third kappa shape index (κ3) is 5.66. The summed E-state index contributed by atoms with van der Waals surface area (Å²) in [5, 5.41) is 2.88. The van der Waals surface area contributed by atoms with Crippen LogP contribution in [-0.2, 0) is 0 Å². The SMILES string of the molecule is CCN(C)C=Nc1cc(C)c(Nc2ccccc2SC(F)(F)F)cc1F. The lowest BCUT2D eigenvalue weighted by atomic mass is 10.1. The minimum Gasteiger partial charge on any atom is -0.366 e. The highest BCUT2D eigenvalue weighted by Crippen LogP contribution is 2.41. The number of hydrogen-bond acceptors (Lipinski definition) is 3. The Morgan fingerprint density at radius 3 is 2.54 bits per heavy atom. The standard InChI is InChI=1S/C18H19F4N3S/c1-4-25(3)11-23-16-9-12(2)15(10-13(16)19)24-14-7-5-6-8-17(14)26-18(20,21)22/h5-11,24H,4H2,1-3H3. The van der Waals surface area contributed by atoms with Crippen LogP contribution < -0.4 is 5.32 Å². The average Bonchev–Trinajstić information content (AvgIpc) is 2.56. The summed E-state index contributed by atoms with van der Waals surface area (Å²) < 4.78 is 52.4. The van der Waals surface area contributed by atoms with Crippen LogP contribution in [0.2, 0.25) is 0 Å². The van der Waals surface area contributed by atoms with Crippen molar-refractivity contribution in [1.29, 1.82) is 0 Å². The zero-order chi connectivity index (χ0) is 19.3. The summed E-state index contributed by atoms with van der Waals surface area (Å²) in [6, 6.07) is 8.82. The molecule has 0 aliphatic carbocycles. The Morgan fingerprint density at radius 2 is 1.88 bits per heavy atom. The van der Waals surface area contributed by atoms with Crippen LogP contribution in [0.3, 0.4) is 0 Å². The number of rotatable bonds is 6. The molecule has 0 saturated heterocycles. The van der Waals surface area contributed by atoms with Gasteiger partial charge in [0.15, 0.2) is 5.82 Å². The minimum atomic E-state index is -4.40. The van der Waals surface area contributed by atoms with Crippen molar-refractivity contribution in [2.75, 3.05) is 18.9 Å². The number of halogens is 4. The van der Waals surface area contributed by atoms with Gasteiger partial charge >= 0.3 is 5.51 Å². The van der Waals surface area contributed by atoms with E-state index in [2.05, 4.69) is 10.3 Å². The number of hydrogen-bond donors (Lipinski definition) is 1. The molecule has 0 unspecified atom stereocenters. The maximum atomic E-state index is 14.3. The average molecular weight is 385 g/mol. The smallest absolute Gasteiger partial charge is 0.366 e. The van der Waals surface area contributed by atoms with Crippen molar-refractivity contribution < 1.29 is 17.6 Å². The van der Waals surface area contributed by atoms with E-state index in [0.717, 1.165) is 6.54 Å². The molecule has 0 atom stereocenters. The number of anilines is 2. The lowest BCUT2D eigenvalue weighted by Gasteiger charge is -2.15. The van der Waals surface area contributed by atoms with E-state index in [9.17, 15) is 17.6 Å². The molecule has 2 aromatic rings. The lowest BCUT2D eigenvalue weighted by molar-refractivity contribution is -0.0327. The summed E-state index contributed by atoms with van der Waals surface area (Å²) in [4.78, 5) is 5.91. The van der Waals surface area contributed by atoms with Crippen LogP contribution in [0.25, 0.3) is 0 Å². The molecule has 0 fully saturated rings. The first-order chi connectivity index (χ1) is 12.2. The lowest BCUT2D eigenvalue weighted by Crippen LogP contribution is -2.14. The molecule has 0 aliphatic rings. The molecule has 3 nitrogen and oxygen atoms in total. The van der Waals surface area contributed by atoms with Crippen LogP contribution in [0.4, 0.5) is 34.6 Å². The summed E-state index contributed by atoms with van der Waals surface area (Å²) in [7, 11) is 1.82. The van der Waals surface area contributed by atoms with Crippen molar-refractivity contribution in [3.8, 4) is 0 Å². The Balaban J connectivity index is 2.29. The van der Waals surface area contributed by atoms with Gasteiger partial charge in [0.05, 0.1) is 12.0 Å². The maximum absolute atomic E-state index is 14.3. The molecule has 26 heavy (non-hydrogen) atoms. The molecule has 1 N–H and O–H groups in total. The van der Waals surface area contributed by atoms with E-state index < -0.39 is 11.3 Å². The van der Waals surface area contributed by atoms with Gasteiger partial charge in [-0.1, -0.05) is 12.1 Å². The second-order valence-corrected chi connectivity index (χ2v) is 6.71. The van der Waals surface area contributed by atoms with E-state index in [0.29, 0.717) is 11.3 Å². The molecule has 0 aromatic heterocycles. The highest BCUT2D eigenvalue weighted by molar-refractivity contribution is 8.00. The maximum Gasteiger partial charge on any atom is 0.446 e. The third-order valence-electron chi connectivity index (χ3n) is 3.57. The predicted molar refractivity (Wildman–Crippen MR) is 99.2 cm³/mol. The second-order valence-electron chi connectivity index (χ2n) is 5.61. The molecular formula is C18H19F4N3S. The van der Waals surface area contributed by atoms with Crippen molar-refractivity contribution >= 4 is 35.2 Å². The minimum absolute atomic E-state index is 0.0199. The van der Waals surface area contributed by atoms with E-state index in [4.69, 9.17) is 0 Å². The molecule has 0 heterocycles. The van der Waals surface area contributed by atoms with E-state index in [-0.39, 0.29) is 28.0 Å². The fourth-order valence-corrected chi connectivity index (χ4v) is 2.70. The predicted octanol–water partition coefficient (Wildman–Crippen LogP) is 6.10. The summed E-state index contributed by atoms with van der Waals surface area (Å²) >= 11 is -0.212. The fraction of sp³-hybridized carbons (Fsp3) is 0.278. The Kier molecular flexibility index (Phi) is 6.52. The van der Waals surface area contributed by atoms with E-state index in [1.54, 1.807) is 24.0 Å². The number of aliphatic imine (C=N–C) groups is 1. The number of nitrogens with zero attached hydrogens (tertiary/aromatic N) is 2. The first-order valence-corrected chi connectivity index (χ1v) is 8.67. The first-order valence-electron chi connectivity index (χ1n) is 7.86. The van der Waals surface area contributed by atoms with Crippen LogP contribution in [0, 0.1) is 12.7 Å². The summed E-state index contributed by atoms with van der Waals surface area (Å²) in [5.74, 6) is -0.556. The van der Waals surface area contributed by atoms with Gasteiger partial charge in [-0.15, -0.1) is 0 Å². The number of benzene rings is 2. The van der Waals surface area contributed by atoms with E-state index >= 15 is 0 Å². The topological polar surface area (TPSA) is 27.6 Å². The van der Waals surface area contributed by atoms with E-state index in [1.165, 1.54) is 30.6 Å². The van der Waals surface area contributed by atoms with Gasteiger partial charge in [-0.2, -0.15) is 13.2 Å². The normalized spacial score (nSPS) is 11.8. The highest BCUT2D eigenvalue weighted by Gasteiger charge is 2.30. The zero-order valence-corrected chi connectivity index (χ0v) is 15.4. The first kappa shape index (κ1) is 20.1. The summed E-state index contributed by atoms with van der Waals surface area (Å²) in [6.45, 7) is 4.41. The highest BCUT2D eigenvalue weighted by atomic mass is 32.2. The summed E-state index contributed by atoms with van der Waals surface area (Å²) in [6.07, 6.45) is 1.53. The number of aryl methyl sites for hydroxylation is 1. The largest absolute Gasteiger partial charge is 0.446 e. The fourth-order valence-electron chi connectivity index (χ4n) is 2.07. The molecule has 2 aromatic carbocycles. The second kappa shape index (κ2) is 8.44. The molecule has 0 bridgehead atoms. The van der Waals surface area contributed by atoms with Crippen molar-refractivity contribution in [1.82, 2.24) is 4.90 Å². The molecule has 0 radical (unpaired) electrons. The molecule has 140 valence electrons. The van der Waals surface area contributed by atoms with Crippen LogP contribution in [-0.4, -0.2) is 30.3 Å². The monoisotopic (exact) mass is 385 g/mol. The van der Waals surface area contributed by atoms with Crippen LogP contribution in [0.5, 0.6) is 0 Å². The van der Waals surface area contributed by atoms with Gasteiger partial charge in [-0.25, -0.2) is 9.38 Å². The van der Waals surface area contributed by atoms with Gasteiger partial charge in [0.25, 0.3) is 0 Å². The van der Waals surface area contributed by atoms with Crippen LogP contribution in [0.1, 0.15) is 12.5 Å².